The van der Waals surface area contributed by atoms with Crippen LogP contribution in [-0.2, 0) is 17.0 Å². The van der Waals surface area contributed by atoms with Gasteiger partial charge in [0, 0.05) is 69.1 Å². The van der Waals surface area contributed by atoms with Crippen LogP contribution >= 0.6 is 0 Å². The molecular formula is C23H19F3N6O4S. The van der Waals surface area contributed by atoms with Crippen molar-refractivity contribution in [2.75, 3.05) is 18.7 Å². The summed E-state index contributed by atoms with van der Waals surface area (Å²) in [5.74, 6) is -0.865. The lowest BCUT2D eigenvalue weighted by atomic mass is 10.1. The van der Waals surface area contributed by atoms with Gasteiger partial charge in [-0.05, 0) is 31.2 Å². The molecule has 0 aliphatic rings. The standard InChI is InChI=1S/C23H19F3N6O4S/c1-12-4-19(23(24,25)26)31-32(12)20-18(13-5-14(21(33)34)10-27-9-13)11-28-22(30-20)29-15-6-16(36-2)8-17(7-15)37(3)35/h4-11H,1-3H3,(H,33,34)(H,28,29,30). The second-order valence-electron chi connectivity index (χ2n) is 7.76. The lowest BCUT2D eigenvalue weighted by Gasteiger charge is -2.14. The van der Waals surface area contributed by atoms with Gasteiger partial charge < -0.3 is 15.2 Å². The molecule has 4 aromatic rings. The van der Waals surface area contributed by atoms with Crippen LogP contribution in [0.25, 0.3) is 16.9 Å². The number of aromatic carboxylic acids is 1. The van der Waals surface area contributed by atoms with Gasteiger partial charge in [-0.25, -0.2) is 14.5 Å². The predicted octanol–water partition coefficient (Wildman–Crippen LogP) is 4.24. The van der Waals surface area contributed by atoms with Crippen LogP contribution in [0.15, 0.2) is 53.8 Å². The number of methoxy groups -OCH3 is 1. The number of halogens is 3. The monoisotopic (exact) mass is 532 g/mol. The van der Waals surface area contributed by atoms with Gasteiger partial charge in [0.25, 0.3) is 0 Å². The lowest BCUT2D eigenvalue weighted by Crippen LogP contribution is -2.11. The number of aromatic nitrogens is 5. The number of carboxylic acid groups (broad SMARTS) is 1. The average Bonchev–Trinajstić information content (AvgIpc) is 3.26. The van der Waals surface area contributed by atoms with Crippen LogP contribution in [0.4, 0.5) is 24.8 Å². The maximum atomic E-state index is 13.4. The van der Waals surface area contributed by atoms with E-state index in [-0.39, 0.29) is 34.2 Å². The van der Waals surface area contributed by atoms with Crippen LogP contribution in [0.5, 0.6) is 5.75 Å². The molecule has 0 radical (unpaired) electrons. The van der Waals surface area contributed by atoms with E-state index in [1.54, 1.807) is 18.2 Å². The molecular weight excluding hydrogens is 513 g/mol. The molecule has 14 heteroatoms. The number of pyridine rings is 1. The average molecular weight is 533 g/mol. The molecule has 3 heterocycles. The largest absolute Gasteiger partial charge is 0.497 e. The van der Waals surface area contributed by atoms with Gasteiger partial charge in [-0.2, -0.15) is 23.3 Å². The number of hydrogen-bond acceptors (Lipinski definition) is 8. The van der Waals surface area contributed by atoms with E-state index in [0.29, 0.717) is 16.3 Å². The summed E-state index contributed by atoms with van der Waals surface area (Å²) in [6, 6.07) is 6.98. The van der Waals surface area contributed by atoms with Gasteiger partial charge in [0.15, 0.2) is 11.5 Å². The first-order valence-corrected chi connectivity index (χ1v) is 12.0. The quantitative estimate of drug-likeness (QED) is 0.359. The summed E-state index contributed by atoms with van der Waals surface area (Å²) in [6.07, 6.45) is 0.611. The lowest BCUT2D eigenvalue weighted by molar-refractivity contribution is -0.141. The minimum absolute atomic E-state index is 0.00866. The number of rotatable bonds is 7. The van der Waals surface area contributed by atoms with Crippen molar-refractivity contribution in [2.24, 2.45) is 0 Å². The number of benzene rings is 1. The number of carbonyl (C=O) groups is 1. The molecule has 10 nitrogen and oxygen atoms in total. The summed E-state index contributed by atoms with van der Waals surface area (Å²) in [5.41, 5.74) is -0.242. The molecule has 0 saturated heterocycles. The molecule has 0 aliphatic carbocycles. The van der Waals surface area contributed by atoms with Crippen molar-refractivity contribution in [3.8, 4) is 22.7 Å². The summed E-state index contributed by atoms with van der Waals surface area (Å²) in [5, 5.41) is 16.0. The smallest absolute Gasteiger partial charge is 0.435 e. The van der Waals surface area contributed by atoms with Gasteiger partial charge >= 0.3 is 12.1 Å². The summed E-state index contributed by atoms with van der Waals surface area (Å²) < 4.78 is 58.4. The van der Waals surface area contributed by atoms with E-state index in [1.165, 1.54) is 38.7 Å². The van der Waals surface area contributed by atoms with Crippen molar-refractivity contribution in [1.29, 1.82) is 0 Å². The van der Waals surface area contributed by atoms with Crippen molar-refractivity contribution in [1.82, 2.24) is 24.7 Å². The first-order valence-electron chi connectivity index (χ1n) is 10.5. The molecule has 192 valence electrons. The second-order valence-corrected chi connectivity index (χ2v) is 9.13. The fourth-order valence-corrected chi connectivity index (χ4v) is 3.96. The molecule has 4 rings (SSSR count). The van der Waals surface area contributed by atoms with Gasteiger partial charge in [0.2, 0.25) is 5.95 Å². The second kappa shape index (κ2) is 9.97. The van der Waals surface area contributed by atoms with Crippen molar-refractivity contribution >= 4 is 28.4 Å². The fourth-order valence-electron chi connectivity index (χ4n) is 3.39. The Kier molecular flexibility index (Phi) is 6.94. The summed E-state index contributed by atoms with van der Waals surface area (Å²) in [6.45, 7) is 1.43. The van der Waals surface area contributed by atoms with E-state index in [2.05, 4.69) is 25.4 Å². The van der Waals surface area contributed by atoms with Crippen LogP contribution in [0.2, 0.25) is 0 Å². The summed E-state index contributed by atoms with van der Waals surface area (Å²) in [4.78, 5) is 24.5. The molecule has 37 heavy (non-hydrogen) atoms. The third-order valence-electron chi connectivity index (χ3n) is 5.15. The van der Waals surface area contributed by atoms with Crippen molar-refractivity contribution in [2.45, 2.75) is 18.0 Å². The van der Waals surface area contributed by atoms with Crippen molar-refractivity contribution < 1.29 is 32.0 Å². The zero-order valence-corrected chi connectivity index (χ0v) is 20.4. The Morgan fingerprint density at radius 1 is 1.14 bits per heavy atom. The van der Waals surface area contributed by atoms with Crippen LogP contribution in [0.1, 0.15) is 21.7 Å². The molecule has 3 aromatic heterocycles. The number of anilines is 2. The van der Waals surface area contributed by atoms with Crippen LogP contribution in [0.3, 0.4) is 0 Å². The highest BCUT2D eigenvalue weighted by Gasteiger charge is 2.35. The third-order valence-corrected chi connectivity index (χ3v) is 6.05. The number of carboxylic acids is 1. The normalized spacial score (nSPS) is 12.3. The van der Waals surface area contributed by atoms with Gasteiger partial charge in [0.1, 0.15) is 5.75 Å². The maximum absolute atomic E-state index is 13.4. The van der Waals surface area contributed by atoms with Crippen LogP contribution in [0, 0.1) is 6.92 Å². The zero-order valence-electron chi connectivity index (χ0n) is 19.6. The van der Waals surface area contributed by atoms with E-state index < -0.39 is 28.6 Å². The maximum Gasteiger partial charge on any atom is 0.435 e. The molecule has 1 atom stereocenters. The van der Waals surface area contributed by atoms with E-state index in [9.17, 15) is 27.3 Å². The minimum atomic E-state index is -4.69. The summed E-state index contributed by atoms with van der Waals surface area (Å²) in [7, 11) is 0.124. The Labute approximate surface area is 210 Å². The van der Waals surface area contributed by atoms with E-state index in [0.717, 1.165) is 16.9 Å². The Bertz CT molecular complexity index is 1520. The number of aryl methyl sites for hydroxylation is 1. The highest BCUT2D eigenvalue weighted by atomic mass is 32.2. The Balaban J connectivity index is 1.87. The fraction of sp³-hybridized carbons (Fsp3) is 0.174. The highest BCUT2D eigenvalue weighted by molar-refractivity contribution is 7.84. The number of ether oxygens (including phenoxy) is 1. The van der Waals surface area contributed by atoms with Crippen LogP contribution in [-0.4, -0.2) is 53.4 Å². The SMILES string of the molecule is COc1cc(Nc2ncc(-c3cncc(C(=O)O)c3)c(-n3nc(C(F)(F)F)cc3C)n2)cc(S(C)=O)c1. The molecule has 0 bridgehead atoms. The highest BCUT2D eigenvalue weighted by Crippen LogP contribution is 2.32. The van der Waals surface area contributed by atoms with Gasteiger partial charge in [-0.15, -0.1) is 0 Å². The number of nitrogens with one attached hydrogen (secondary N) is 1. The molecule has 2 N–H and O–H groups in total. The number of nitrogens with zero attached hydrogens (tertiary/aromatic N) is 5. The predicted molar refractivity (Wildman–Crippen MR) is 128 cm³/mol. The molecule has 0 saturated carbocycles. The Morgan fingerprint density at radius 3 is 2.51 bits per heavy atom. The van der Waals surface area contributed by atoms with E-state index in [1.807, 2.05) is 0 Å². The molecule has 1 unspecified atom stereocenters. The van der Waals surface area contributed by atoms with Crippen molar-refractivity contribution in [3.63, 3.8) is 0 Å². The third kappa shape index (κ3) is 5.58. The van der Waals surface area contributed by atoms with E-state index >= 15 is 0 Å². The van der Waals surface area contributed by atoms with Gasteiger partial charge in [-0.3, -0.25) is 9.19 Å². The van der Waals surface area contributed by atoms with Crippen LogP contribution < -0.4 is 10.1 Å². The summed E-state index contributed by atoms with van der Waals surface area (Å²) >= 11 is 0. The molecule has 0 amide bonds. The Hall–Kier alpha value is -4.33. The first kappa shape index (κ1) is 25.8. The van der Waals surface area contributed by atoms with Gasteiger partial charge in [0.05, 0.1) is 12.7 Å². The molecule has 0 fully saturated rings. The van der Waals surface area contributed by atoms with Crippen molar-refractivity contribution in [3.05, 3.63) is 65.9 Å². The molecule has 0 aliphatic heterocycles. The molecule has 0 spiro atoms. The first-order chi connectivity index (χ1) is 17.5. The molecule has 1 aromatic carbocycles. The topological polar surface area (TPSA) is 132 Å². The minimum Gasteiger partial charge on any atom is -0.497 e. The zero-order chi connectivity index (χ0) is 26.9. The number of hydrogen-bond donors (Lipinski definition) is 2. The van der Waals surface area contributed by atoms with E-state index in [4.69, 9.17) is 4.74 Å². The number of alkyl halides is 3. The van der Waals surface area contributed by atoms with Gasteiger partial charge in [-0.1, -0.05) is 0 Å². The Morgan fingerprint density at radius 2 is 1.89 bits per heavy atom.